The molecule has 0 aromatic heterocycles. The maximum Gasteiger partial charge on any atom is 0.0443 e. The molecule has 0 bridgehead atoms. The van der Waals surface area contributed by atoms with Gasteiger partial charge in [0.05, 0.1) is 0 Å². The fourth-order valence-corrected chi connectivity index (χ4v) is 2.05. The Morgan fingerprint density at radius 2 is 1.53 bits per heavy atom. The minimum Gasteiger partial charge on any atom is -0.326 e. The highest BCUT2D eigenvalue weighted by Gasteiger charge is 1.93. The third-order valence-electron chi connectivity index (χ3n) is 1.87. The first-order chi connectivity index (χ1) is 7.34. The number of halogens is 1. The van der Waals surface area contributed by atoms with Crippen LogP contribution in [-0.2, 0) is 0 Å². The van der Waals surface area contributed by atoms with Crippen LogP contribution in [0.4, 0.5) is 5.69 Å². The van der Waals surface area contributed by atoms with Gasteiger partial charge in [-0.3, -0.25) is 0 Å². The Bertz CT molecular complexity index is 413. The molecule has 2 rings (SSSR count). The van der Waals surface area contributed by atoms with Crippen molar-refractivity contribution in [1.29, 1.82) is 0 Å². The van der Waals surface area contributed by atoms with Crippen molar-refractivity contribution in [2.45, 2.75) is 4.90 Å². The van der Waals surface area contributed by atoms with Gasteiger partial charge in [-0.05, 0) is 48.3 Å². The van der Waals surface area contributed by atoms with Crippen LogP contribution in [-0.4, -0.2) is 0 Å². The van der Waals surface area contributed by atoms with Gasteiger partial charge in [-0.2, -0.15) is 0 Å². The minimum atomic E-state index is 1.10. The zero-order valence-electron chi connectivity index (χ0n) is 7.98. The van der Waals surface area contributed by atoms with Gasteiger partial charge in [0.1, 0.15) is 0 Å². The molecule has 0 aliphatic rings. The van der Waals surface area contributed by atoms with Gasteiger partial charge in [0, 0.05) is 15.1 Å². The van der Waals surface area contributed by atoms with Gasteiger partial charge in [0.25, 0.3) is 0 Å². The van der Waals surface area contributed by atoms with Gasteiger partial charge in [-0.25, -0.2) is 0 Å². The van der Waals surface area contributed by atoms with Gasteiger partial charge in [-0.1, -0.05) is 34.1 Å². The second-order valence-electron chi connectivity index (χ2n) is 3.02. The average Bonchev–Trinajstić information content (AvgIpc) is 2.30. The molecule has 1 N–H and O–H groups in total. The molecule has 0 heterocycles. The first-order valence-corrected chi connectivity index (χ1v) is 6.19. The largest absolute Gasteiger partial charge is 0.326 e. The lowest BCUT2D eigenvalue weighted by Gasteiger charge is -2.04. The molecular weight excluding hydrogens is 270 g/mol. The summed E-state index contributed by atoms with van der Waals surface area (Å²) in [6.45, 7) is 0. The van der Waals surface area contributed by atoms with Crippen LogP contribution in [0, 0.1) is 0 Å². The summed E-state index contributed by atoms with van der Waals surface area (Å²) in [4.78, 5) is 1.21. The van der Waals surface area contributed by atoms with Gasteiger partial charge in [-0.15, -0.1) is 0 Å². The van der Waals surface area contributed by atoms with Crippen LogP contribution in [0.2, 0.25) is 0 Å². The van der Waals surface area contributed by atoms with Crippen molar-refractivity contribution < 1.29 is 0 Å². The Morgan fingerprint density at radius 3 is 2.20 bits per heavy atom. The summed E-state index contributed by atoms with van der Waals surface area (Å²) in [5.41, 5.74) is 1.10. The van der Waals surface area contributed by atoms with Crippen LogP contribution < -0.4 is 4.72 Å². The van der Waals surface area contributed by atoms with Crippen molar-refractivity contribution >= 4 is 33.6 Å². The molecule has 3 heteroatoms. The average molecular weight is 280 g/mol. The number of rotatable bonds is 3. The van der Waals surface area contributed by atoms with Crippen LogP contribution in [0.25, 0.3) is 0 Å². The molecule has 0 aliphatic carbocycles. The van der Waals surface area contributed by atoms with Crippen molar-refractivity contribution in [3.8, 4) is 0 Å². The van der Waals surface area contributed by atoms with Gasteiger partial charge in [0.2, 0.25) is 0 Å². The van der Waals surface area contributed by atoms with Crippen molar-refractivity contribution in [2.75, 3.05) is 4.72 Å². The molecule has 0 atom stereocenters. The van der Waals surface area contributed by atoms with Crippen molar-refractivity contribution in [3.05, 3.63) is 59.1 Å². The van der Waals surface area contributed by atoms with Gasteiger partial charge >= 0.3 is 0 Å². The standard InChI is InChI=1S/C12H10BrNS/c13-10-6-8-11(9-7-10)14-15-12-4-2-1-3-5-12/h1-9,14H. The third-order valence-corrected chi connectivity index (χ3v) is 3.25. The molecule has 15 heavy (non-hydrogen) atoms. The Hall–Kier alpha value is -0.930. The smallest absolute Gasteiger partial charge is 0.0443 e. The van der Waals surface area contributed by atoms with E-state index in [9.17, 15) is 0 Å². The predicted molar refractivity (Wildman–Crippen MR) is 70.1 cm³/mol. The monoisotopic (exact) mass is 279 g/mol. The molecule has 0 fully saturated rings. The number of hydrogen-bond donors (Lipinski definition) is 1. The molecule has 0 saturated heterocycles. The van der Waals surface area contributed by atoms with Gasteiger partial charge in [0.15, 0.2) is 0 Å². The van der Waals surface area contributed by atoms with E-state index in [1.807, 2.05) is 42.5 Å². The molecule has 1 nitrogen and oxygen atoms in total. The summed E-state index contributed by atoms with van der Waals surface area (Å²) < 4.78 is 4.38. The molecule has 0 saturated carbocycles. The first kappa shape index (κ1) is 10.6. The summed E-state index contributed by atoms with van der Waals surface area (Å²) in [6, 6.07) is 18.4. The molecule has 0 spiro atoms. The van der Waals surface area contributed by atoms with Crippen LogP contribution in [0.15, 0.2) is 64.0 Å². The molecule has 0 aliphatic heterocycles. The van der Waals surface area contributed by atoms with E-state index in [1.165, 1.54) is 4.90 Å². The van der Waals surface area contributed by atoms with E-state index in [0.29, 0.717) is 0 Å². The third kappa shape index (κ3) is 3.29. The summed E-state index contributed by atoms with van der Waals surface area (Å²) >= 11 is 5.02. The first-order valence-electron chi connectivity index (χ1n) is 4.58. The highest BCUT2D eigenvalue weighted by molar-refractivity contribution is 9.10. The molecule has 0 amide bonds. The SMILES string of the molecule is Brc1ccc(NSc2ccccc2)cc1. The molecule has 0 radical (unpaired) electrons. The maximum atomic E-state index is 3.41. The summed E-state index contributed by atoms with van der Waals surface area (Å²) in [7, 11) is 0. The van der Waals surface area contributed by atoms with Crippen LogP contribution >= 0.6 is 27.9 Å². The predicted octanol–water partition coefficient (Wildman–Crippen LogP) is 4.57. The van der Waals surface area contributed by atoms with E-state index in [4.69, 9.17) is 0 Å². The van der Waals surface area contributed by atoms with Crippen LogP contribution in [0.1, 0.15) is 0 Å². The number of benzene rings is 2. The number of hydrogen-bond acceptors (Lipinski definition) is 2. The second-order valence-corrected chi connectivity index (χ2v) is 4.82. The normalized spacial score (nSPS) is 9.93. The zero-order chi connectivity index (χ0) is 10.5. The zero-order valence-corrected chi connectivity index (χ0v) is 10.4. The van der Waals surface area contributed by atoms with E-state index >= 15 is 0 Å². The molecule has 2 aromatic rings. The summed E-state index contributed by atoms with van der Waals surface area (Å²) in [5.74, 6) is 0. The lowest BCUT2D eigenvalue weighted by molar-refractivity contribution is 1.46. The fraction of sp³-hybridized carbons (Fsp3) is 0. The van der Waals surface area contributed by atoms with Crippen LogP contribution in [0.5, 0.6) is 0 Å². The van der Waals surface area contributed by atoms with Gasteiger partial charge < -0.3 is 4.72 Å². The van der Waals surface area contributed by atoms with Crippen molar-refractivity contribution in [1.82, 2.24) is 0 Å². The highest BCUT2D eigenvalue weighted by Crippen LogP contribution is 2.21. The maximum absolute atomic E-state index is 3.41. The Kier molecular flexibility index (Phi) is 3.69. The van der Waals surface area contributed by atoms with E-state index in [-0.39, 0.29) is 0 Å². The Balaban J connectivity index is 1.96. The van der Waals surface area contributed by atoms with Crippen molar-refractivity contribution in [3.63, 3.8) is 0 Å². The summed E-state index contributed by atoms with van der Waals surface area (Å²) in [5, 5.41) is 0. The lowest BCUT2D eigenvalue weighted by atomic mass is 10.3. The topological polar surface area (TPSA) is 12.0 Å². The number of nitrogens with one attached hydrogen (secondary N) is 1. The lowest BCUT2D eigenvalue weighted by Crippen LogP contribution is -1.85. The van der Waals surface area contributed by atoms with E-state index in [2.05, 4.69) is 32.8 Å². The van der Waals surface area contributed by atoms with Crippen molar-refractivity contribution in [2.24, 2.45) is 0 Å². The van der Waals surface area contributed by atoms with E-state index < -0.39 is 0 Å². The van der Waals surface area contributed by atoms with E-state index in [0.717, 1.165) is 10.2 Å². The molecule has 76 valence electrons. The highest BCUT2D eigenvalue weighted by atomic mass is 79.9. The second kappa shape index (κ2) is 5.24. The fourth-order valence-electron chi connectivity index (χ4n) is 1.12. The quantitative estimate of drug-likeness (QED) is 0.827. The molecule has 0 unspecified atom stereocenters. The van der Waals surface area contributed by atoms with Crippen LogP contribution in [0.3, 0.4) is 0 Å². The van der Waals surface area contributed by atoms with E-state index in [1.54, 1.807) is 11.9 Å². The minimum absolute atomic E-state index is 1.10. The molecular formula is C12H10BrNS. The number of anilines is 1. The summed E-state index contributed by atoms with van der Waals surface area (Å²) in [6.07, 6.45) is 0. The Morgan fingerprint density at radius 1 is 0.867 bits per heavy atom. The Labute approximate surface area is 102 Å². The molecule has 2 aromatic carbocycles.